The SMILES string of the molecule is CCOC(=O)C=N/C=C(\C(=N)C(F)(F)F)C(=O)NC1CCC(=CC2=CC(OC3CCC(C(F)(F)F)CC3)=CCC2)CC1. The second-order valence-corrected chi connectivity index (χ2v) is 10.5. The summed E-state index contributed by atoms with van der Waals surface area (Å²) in [6.45, 7) is 1.58. The third kappa shape index (κ3) is 10.2. The molecule has 1 amide bonds. The Balaban J connectivity index is 1.54. The van der Waals surface area contributed by atoms with Crippen LogP contribution in [0.4, 0.5) is 26.3 Å². The number of nitrogens with one attached hydrogen (secondary N) is 2. The molecule has 2 N–H and O–H groups in total. The van der Waals surface area contributed by atoms with Crippen molar-refractivity contribution in [2.24, 2.45) is 10.9 Å². The summed E-state index contributed by atoms with van der Waals surface area (Å²) in [5.74, 6) is -2.62. The van der Waals surface area contributed by atoms with Crippen LogP contribution in [0.5, 0.6) is 0 Å². The number of allylic oxidation sites excluding steroid dienone is 5. The predicted molar refractivity (Wildman–Crippen MR) is 144 cm³/mol. The quantitative estimate of drug-likeness (QED) is 0.131. The fraction of sp³-hybridized carbons (Fsp3) is 0.586. The van der Waals surface area contributed by atoms with Crippen LogP contribution in [0.3, 0.4) is 0 Å². The van der Waals surface area contributed by atoms with E-state index in [-0.39, 0.29) is 25.6 Å². The number of alkyl halides is 6. The Bertz CT molecular complexity index is 1150. The number of nitrogens with zero attached hydrogens (tertiary/aromatic N) is 1. The lowest BCUT2D eigenvalue weighted by Gasteiger charge is -2.31. The van der Waals surface area contributed by atoms with Crippen molar-refractivity contribution in [3.05, 3.63) is 46.9 Å². The number of hydrogen-bond acceptors (Lipinski definition) is 6. The van der Waals surface area contributed by atoms with E-state index < -0.39 is 47.5 Å². The van der Waals surface area contributed by atoms with Gasteiger partial charge in [0.25, 0.3) is 5.91 Å². The number of amides is 1. The number of carbonyl (C=O) groups excluding carboxylic acids is 2. The molecule has 0 aromatic carbocycles. The molecule has 0 spiro atoms. The van der Waals surface area contributed by atoms with Crippen molar-refractivity contribution in [3.8, 4) is 0 Å². The number of aliphatic imine (C=N–C) groups is 1. The standard InChI is InChI=1S/C29H35F6N3O4/c1-2-41-25(39)17-37-16-24(26(36)29(33,34)35)27(40)38-21-10-6-18(7-11-21)14-19-4-3-5-23(15-19)42-22-12-8-20(9-13-22)28(30,31)32/h5,14-17,20-22,36H,2-4,6-13H2,1H3,(H,38,40)/b18-14?,24-16+,36-26?,37-17?. The number of halogens is 6. The van der Waals surface area contributed by atoms with Crippen LogP contribution in [0.2, 0.25) is 0 Å². The predicted octanol–water partition coefficient (Wildman–Crippen LogP) is 6.81. The Morgan fingerprint density at radius 2 is 1.71 bits per heavy atom. The maximum absolute atomic E-state index is 13.2. The molecule has 0 bridgehead atoms. The first-order valence-electron chi connectivity index (χ1n) is 14.0. The van der Waals surface area contributed by atoms with Crippen molar-refractivity contribution in [1.82, 2.24) is 5.32 Å². The van der Waals surface area contributed by atoms with Crippen LogP contribution in [-0.2, 0) is 19.1 Å². The van der Waals surface area contributed by atoms with E-state index in [4.69, 9.17) is 10.1 Å². The van der Waals surface area contributed by atoms with E-state index in [2.05, 4.69) is 15.0 Å². The second kappa shape index (κ2) is 14.7. The maximum Gasteiger partial charge on any atom is 0.433 e. The molecule has 3 rings (SSSR count). The highest BCUT2D eigenvalue weighted by atomic mass is 19.4. The van der Waals surface area contributed by atoms with Gasteiger partial charge in [-0.25, -0.2) is 4.79 Å². The van der Waals surface area contributed by atoms with Gasteiger partial charge in [0.05, 0.1) is 24.2 Å². The fourth-order valence-electron chi connectivity index (χ4n) is 5.14. The Morgan fingerprint density at radius 3 is 2.31 bits per heavy atom. The summed E-state index contributed by atoms with van der Waals surface area (Å²) in [5, 5.41) is 9.94. The smallest absolute Gasteiger partial charge is 0.433 e. The zero-order valence-corrected chi connectivity index (χ0v) is 23.2. The molecule has 0 heterocycles. The molecule has 3 aliphatic rings. The molecule has 0 radical (unpaired) electrons. The average Bonchev–Trinajstić information content (AvgIpc) is 2.91. The lowest BCUT2D eigenvalue weighted by molar-refractivity contribution is -0.186. The minimum absolute atomic E-state index is 0.0382. The van der Waals surface area contributed by atoms with E-state index in [9.17, 15) is 35.9 Å². The zero-order valence-electron chi connectivity index (χ0n) is 23.2. The lowest BCUT2D eigenvalue weighted by atomic mass is 9.87. The van der Waals surface area contributed by atoms with Gasteiger partial charge < -0.3 is 14.8 Å². The monoisotopic (exact) mass is 603 g/mol. The number of carbonyl (C=O) groups is 2. The molecule has 42 heavy (non-hydrogen) atoms. The molecule has 0 unspecified atom stereocenters. The van der Waals surface area contributed by atoms with Gasteiger partial charge in [0.15, 0.2) is 5.71 Å². The van der Waals surface area contributed by atoms with Gasteiger partial charge in [-0.3, -0.25) is 15.2 Å². The van der Waals surface area contributed by atoms with Gasteiger partial charge in [0, 0.05) is 12.2 Å². The van der Waals surface area contributed by atoms with E-state index in [1.807, 2.05) is 18.2 Å². The van der Waals surface area contributed by atoms with Gasteiger partial charge >= 0.3 is 18.3 Å². The van der Waals surface area contributed by atoms with Gasteiger partial charge in [0.1, 0.15) is 12.0 Å². The molecular formula is C29H35F6N3O4. The third-order valence-electron chi connectivity index (χ3n) is 7.37. The first-order chi connectivity index (χ1) is 19.8. The van der Waals surface area contributed by atoms with Crippen molar-refractivity contribution in [1.29, 1.82) is 5.41 Å². The molecular weight excluding hydrogens is 568 g/mol. The zero-order chi connectivity index (χ0) is 30.9. The molecule has 2 fully saturated rings. The summed E-state index contributed by atoms with van der Waals surface area (Å²) < 4.78 is 88.9. The van der Waals surface area contributed by atoms with Crippen LogP contribution in [0.15, 0.2) is 51.9 Å². The van der Waals surface area contributed by atoms with Crippen molar-refractivity contribution >= 4 is 23.8 Å². The molecule has 3 aliphatic carbocycles. The highest BCUT2D eigenvalue weighted by Gasteiger charge is 2.42. The lowest BCUT2D eigenvalue weighted by Crippen LogP contribution is -2.41. The molecule has 0 aliphatic heterocycles. The van der Waals surface area contributed by atoms with E-state index in [0.29, 0.717) is 56.7 Å². The van der Waals surface area contributed by atoms with Crippen LogP contribution in [-0.4, -0.2) is 54.9 Å². The van der Waals surface area contributed by atoms with Gasteiger partial charge in [0.2, 0.25) is 0 Å². The normalized spacial score (nSPS) is 24.0. The van der Waals surface area contributed by atoms with Crippen LogP contribution in [0.1, 0.15) is 71.1 Å². The topological polar surface area (TPSA) is 101 Å². The molecule has 13 heteroatoms. The summed E-state index contributed by atoms with van der Waals surface area (Å²) >= 11 is 0. The Morgan fingerprint density at radius 1 is 1.05 bits per heavy atom. The van der Waals surface area contributed by atoms with E-state index in [1.165, 1.54) is 6.92 Å². The third-order valence-corrected chi connectivity index (χ3v) is 7.37. The highest BCUT2D eigenvalue weighted by molar-refractivity contribution is 6.24. The second-order valence-electron chi connectivity index (χ2n) is 10.5. The summed E-state index contributed by atoms with van der Waals surface area (Å²) in [7, 11) is 0. The summed E-state index contributed by atoms with van der Waals surface area (Å²) in [6, 6.07) is -0.418. The van der Waals surface area contributed by atoms with Gasteiger partial charge in [-0.2, -0.15) is 26.3 Å². The Kier molecular flexibility index (Phi) is 11.6. The van der Waals surface area contributed by atoms with E-state index in [1.54, 1.807) is 0 Å². The molecule has 0 aromatic heterocycles. The molecule has 0 aromatic rings. The van der Waals surface area contributed by atoms with Crippen LogP contribution < -0.4 is 5.32 Å². The average molecular weight is 604 g/mol. The van der Waals surface area contributed by atoms with Crippen molar-refractivity contribution in [3.63, 3.8) is 0 Å². The van der Waals surface area contributed by atoms with Crippen molar-refractivity contribution < 1.29 is 45.4 Å². The van der Waals surface area contributed by atoms with Gasteiger partial charge in [-0.1, -0.05) is 11.6 Å². The first-order valence-corrected chi connectivity index (χ1v) is 14.0. The summed E-state index contributed by atoms with van der Waals surface area (Å²) in [5.41, 5.74) is -0.752. The summed E-state index contributed by atoms with van der Waals surface area (Å²) in [6.07, 6.45) is 2.05. The molecule has 0 saturated heterocycles. The minimum Gasteiger partial charge on any atom is -0.491 e. The maximum atomic E-state index is 13.2. The van der Waals surface area contributed by atoms with Crippen LogP contribution in [0, 0.1) is 11.3 Å². The van der Waals surface area contributed by atoms with Gasteiger partial charge in [-0.15, -0.1) is 0 Å². The summed E-state index contributed by atoms with van der Waals surface area (Å²) in [4.78, 5) is 27.5. The number of rotatable bonds is 9. The number of ether oxygens (including phenoxy) is 2. The number of esters is 1. The minimum atomic E-state index is -5.09. The molecule has 0 atom stereocenters. The Hall–Kier alpha value is -3.38. The largest absolute Gasteiger partial charge is 0.491 e. The molecule has 2 saturated carbocycles. The Labute approximate surface area is 240 Å². The highest BCUT2D eigenvalue weighted by Crippen LogP contribution is 2.39. The van der Waals surface area contributed by atoms with Crippen molar-refractivity contribution in [2.45, 2.75) is 95.6 Å². The van der Waals surface area contributed by atoms with Gasteiger partial charge in [-0.05, 0) is 88.9 Å². The first kappa shape index (κ1) is 33.1. The number of hydrogen-bond donors (Lipinski definition) is 2. The van der Waals surface area contributed by atoms with E-state index in [0.717, 1.165) is 24.0 Å². The fourth-order valence-corrected chi connectivity index (χ4v) is 5.14. The molecule has 232 valence electrons. The van der Waals surface area contributed by atoms with Crippen LogP contribution >= 0.6 is 0 Å². The molecule has 7 nitrogen and oxygen atoms in total. The van der Waals surface area contributed by atoms with E-state index >= 15 is 0 Å². The van der Waals surface area contributed by atoms with Crippen LogP contribution in [0.25, 0.3) is 0 Å². The van der Waals surface area contributed by atoms with Crippen molar-refractivity contribution in [2.75, 3.05) is 6.61 Å².